The Morgan fingerprint density at radius 3 is 2.27 bits per heavy atom. The average Bonchev–Trinajstić information content (AvgIpc) is 2.84. The second-order valence-corrected chi connectivity index (χ2v) is 7.30. The Bertz CT molecular complexity index is 1120. The second-order valence-electron chi connectivity index (χ2n) is 6.90. The number of benzene rings is 3. The van der Waals surface area contributed by atoms with Gasteiger partial charge in [0.1, 0.15) is 6.61 Å². The number of hydrazone groups is 1. The third-order valence-corrected chi connectivity index (χ3v) is 5.00. The number of amides is 1. The van der Waals surface area contributed by atoms with Crippen LogP contribution in [0.5, 0.6) is 11.5 Å². The third kappa shape index (κ3) is 5.53. The van der Waals surface area contributed by atoms with Crippen LogP contribution >= 0.6 is 11.6 Å². The molecule has 0 saturated carbocycles. The summed E-state index contributed by atoms with van der Waals surface area (Å²) in [6.07, 6.45) is 6.65. The van der Waals surface area contributed by atoms with Gasteiger partial charge in [-0.3, -0.25) is 4.79 Å². The summed E-state index contributed by atoms with van der Waals surface area (Å²) in [5, 5.41) is 15.7. The maximum absolute atomic E-state index is 13.1. The van der Waals surface area contributed by atoms with E-state index in [1.165, 1.54) is 6.21 Å². The summed E-state index contributed by atoms with van der Waals surface area (Å²) >= 11 is 6.32. The molecule has 0 bridgehead atoms. The van der Waals surface area contributed by atoms with Gasteiger partial charge in [-0.15, -0.1) is 6.42 Å². The molecule has 1 amide bonds. The van der Waals surface area contributed by atoms with Crippen LogP contribution in [0.15, 0.2) is 77.9 Å². The summed E-state index contributed by atoms with van der Waals surface area (Å²) in [4.78, 5) is 13.1. The van der Waals surface area contributed by atoms with Crippen molar-refractivity contribution in [3.63, 3.8) is 0 Å². The van der Waals surface area contributed by atoms with Gasteiger partial charge >= 0.3 is 0 Å². The zero-order valence-electron chi connectivity index (χ0n) is 18.0. The summed E-state index contributed by atoms with van der Waals surface area (Å²) in [6.45, 7) is 2.26. The monoisotopic (exact) mass is 462 g/mol. The number of nitrogens with zero attached hydrogens (tertiary/aromatic N) is 1. The Hall–Kier alpha value is -3.79. The highest BCUT2D eigenvalue weighted by atomic mass is 35.5. The molecular formula is C26H23ClN2O4. The van der Waals surface area contributed by atoms with Crippen molar-refractivity contribution in [2.75, 3.05) is 13.2 Å². The number of carbonyl (C=O) groups excluding carboxylic acids is 1. The van der Waals surface area contributed by atoms with E-state index in [4.69, 9.17) is 27.5 Å². The Labute approximate surface area is 197 Å². The van der Waals surface area contributed by atoms with E-state index in [1.807, 2.05) is 19.1 Å². The second kappa shape index (κ2) is 11.2. The van der Waals surface area contributed by atoms with Gasteiger partial charge in [0, 0.05) is 0 Å². The van der Waals surface area contributed by atoms with Crippen LogP contribution in [0.25, 0.3) is 0 Å². The number of ether oxygens (including phenoxy) is 2. The molecule has 0 fully saturated rings. The fourth-order valence-electron chi connectivity index (χ4n) is 3.21. The molecule has 0 atom stereocenters. The Morgan fingerprint density at radius 1 is 1.12 bits per heavy atom. The van der Waals surface area contributed by atoms with Crippen molar-refractivity contribution in [3.8, 4) is 23.8 Å². The highest BCUT2D eigenvalue weighted by Crippen LogP contribution is 2.36. The van der Waals surface area contributed by atoms with Crippen LogP contribution in [0, 0.1) is 12.3 Å². The van der Waals surface area contributed by atoms with Crippen molar-refractivity contribution < 1.29 is 19.4 Å². The lowest BCUT2D eigenvalue weighted by atomic mass is 9.85. The molecule has 6 nitrogen and oxygen atoms in total. The SMILES string of the molecule is C#CCOc1c(Cl)cc(/C=N\NC(=O)C(O)(c2ccccc2)c2ccccc2)cc1OCC. The number of terminal acetylenes is 1. The number of rotatable bonds is 9. The Balaban J connectivity index is 1.86. The van der Waals surface area contributed by atoms with Gasteiger partial charge in [0.2, 0.25) is 0 Å². The molecule has 3 aromatic carbocycles. The molecule has 0 aliphatic carbocycles. The zero-order chi connectivity index (χ0) is 23.7. The smallest absolute Gasteiger partial charge is 0.281 e. The van der Waals surface area contributed by atoms with Crippen molar-refractivity contribution in [1.29, 1.82) is 0 Å². The molecule has 2 N–H and O–H groups in total. The normalized spacial score (nSPS) is 11.1. The first-order valence-corrected chi connectivity index (χ1v) is 10.6. The van der Waals surface area contributed by atoms with Crippen molar-refractivity contribution in [2.24, 2.45) is 5.10 Å². The number of nitrogens with one attached hydrogen (secondary N) is 1. The van der Waals surface area contributed by atoms with Crippen molar-refractivity contribution in [1.82, 2.24) is 5.43 Å². The largest absolute Gasteiger partial charge is 0.490 e. The summed E-state index contributed by atoms with van der Waals surface area (Å²) in [5.41, 5.74) is 1.89. The summed E-state index contributed by atoms with van der Waals surface area (Å²) in [6, 6.07) is 20.6. The van der Waals surface area contributed by atoms with E-state index < -0.39 is 11.5 Å². The number of aliphatic hydroxyl groups is 1. The molecule has 33 heavy (non-hydrogen) atoms. The first kappa shape index (κ1) is 23.9. The van der Waals surface area contributed by atoms with E-state index in [9.17, 15) is 9.90 Å². The summed E-state index contributed by atoms with van der Waals surface area (Å²) < 4.78 is 11.1. The minimum Gasteiger partial charge on any atom is -0.490 e. The molecule has 3 aromatic rings. The maximum Gasteiger partial charge on any atom is 0.281 e. The van der Waals surface area contributed by atoms with E-state index in [0.717, 1.165) is 0 Å². The highest BCUT2D eigenvalue weighted by molar-refractivity contribution is 6.32. The van der Waals surface area contributed by atoms with Gasteiger partial charge in [-0.1, -0.05) is 78.2 Å². The molecule has 168 valence electrons. The van der Waals surface area contributed by atoms with Crippen LogP contribution in [0.3, 0.4) is 0 Å². The molecule has 0 radical (unpaired) electrons. The molecule has 0 spiro atoms. The molecule has 7 heteroatoms. The summed E-state index contributed by atoms with van der Waals surface area (Å²) in [7, 11) is 0. The number of hydrogen-bond donors (Lipinski definition) is 2. The lowest BCUT2D eigenvalue weighted by molar-refractivity contribution is -0.136. The van der Waals surface area contributed by atoms with Gasteiger partial charge < -0.3 is 14.6 Å². The van der Waals surface area contributed by atoms with Gasteiger partial charge in [-0.25, -0.2) is 5.43 Å². The number of halogens is 1. The summed E-state index contributed by atoms with van der Waals surface area (Å²) in [5.74, 6) is 2.41. The predicted molar refractivity (Wildman–Crippen MR) is 129 cm³/mol. The topological polar surface area (TPSA) is 80.2 Å². The van der Waals surface area contributed by atoms with E-state index in [0.29, 0.717) is 34.8 Å². The van der Waals surface area contributed by atoms with Crippen LogP contribution in [-0.4, -0.2) is 30.4 Å². The highest BCUT2D eigenvalue weighted by Gasteiger charge is 2.39. The lowest BCUT2D eigenvalue weighted by Gasteiger charge is -2.27. The van der Waals surface area contributed by atoms with Crippen LogP contribution in [-0.2, 0) is 10.4 Å². The van der Waals surface area contributed by atoms with Gasteiger partial charge in [0.05, 0.1) is 17.8 Å². The van der Waals surface area contributed by atoms with E-state index >= 15 is 0 Å². The minimum atomic E-state index is -1.93. The number of hydrogen-bond acceptors (Lipinski definition) is 5. The molecule has 0 heterocycles. The number of carbonyl (C=O) groups is 1. The van der Waals surface area contributed by atoms with E-state index in [1.54, 1.807) is 60.7 Å². The van der Waals surface area contributed by atoms with Gasteiger partial charge in [0.15, 0.2) is 17.1 Å². The molecule has 0 aromatic heterocycles. The van der Waals surface area contributed by atoms with Crippen molar-refractivity contribution in [3.05, 3.63) is 94.5 Å². The van der Waals surface area contributed by atoms with E-state index in [-0.39, 0.29) is 11.6 Å². The molecule has 0 aliphatic rings. The first-order chi connectivity index (χ1) is 16.0. The lowest BCUT2D eigenvalue weighted by Crippen LogP contribution is -2.43. The van der Waals surface area contributed by atoms with Crippen LogP contribution in [0.4, 0.5) is 0 Å². The maximum atomic E-state index is 13.1. The Morgan fingerprint density at radius 2 is 1.73 bits per heavy atom. The van der Waals surface area contributed by atoms with Crippen LogP contribution < -0.4 is 14.9 Å². The first-order valence-electron chi connectivity index (χ1n) is 10.2. The van der Waals surface area contributed by atoms with Crippen molar-refractivity contribution in [2.45, 2.75) is 12.5 Å². The van der Waals surface area contributed by atoms with Gasteiger partial charge in [0.25, 0.3) is 5.91 Å². The van der Waals surface area contributed by atoms with Crippen molar-refractivity contribution >= 4 is 23.7 Å². The standard InChI is InChI=1S/C26H23ClN2O4/c1-3-15-33-24-22(27)16-19(17-23(24)32-4-2)18-28-29-25(30)26(31,20-11-7-5-8-12-20)21-13-9-6-10-14-21/h1,5-14,16-18,31H,4,15H2,2H3,(H,29,30)/b28-18-. The fourth-order valence-corrected chi connectivity index (χ4v) is 3.49. The van der Waals surface area contributed by atoms with Gasteiger partial charge in [-0.05, 0) is 35.7 Å². The Kier molecular flexibility index (Phi) is 8.09. The van der Waals surface area contributed by atoms with Gasteiger partial charge in [-0.2, -0.15) is 5.10 Å². The molecule has 0 aliphatic heterocycles. The molecular weight excluding hydrogens is 440 g/mol. The average molecular weight is 463 g/mol. The molecule has 3 rings (SSSR count). The molecule has 0 unspecified atom stereocenters. The quantitative estimate of drug-likeness (QED) is 0.284. The van der Waals surface area contributed by atoms with Crippen LogP contribution in [0.2, 0.25) is 5.02 Å². The predicted octanol–water partition coefficient (Wildman–Crippen LogP) is 4.14. The van der Waals surface area contributed by atoms with Crippen LogP contribution in [0.1, 0.15) is 23.6 Å². The van der Waals surface area contributed by atoms with E-state index in [2.05, 4.69) is 16.4 Å². The minimum absolute atomic E-state index is 0.0425. The molecule has 0 saturated heterocycles. The zero-order valence-corrected chi connectivity index (χ0v) is 18.8. The third-order valence-electron chi connectivity index (χ3n) is 4.72. The fraction of sp³-hybridized carbons (Fsp3) is 0.154.